The quantitative estimate of drug-likeness (QED) is 0.182. The number of carbonyl (C=O) groups excluding carboxylic acids is 1. The van der Waals surface area contributed by atoms with Crippen LogP contribution in [0.5, 0.6) is 5.75 Å². The van der Waals surface area contributed by atoms with Crippen LogP contribution in [0.15, 0.2) is 83.9 Å². The highest BCUT2D eigenvalue weighted by Crippen LogP contribution is 2.15. The number of hydrogen-bond donors (Lipinski definition) is 4. The maximum atomic E-state index is 12.6. The highest BCUT2D eigenvalue weighted by molar-refractivity contribution is 7.89. The molecule has 3 aromatic rings. The van der Waals surface area contributed by atoms with Gasteiger partial charge < -0.3 is 10.1 Å². The second-order valence-corrected chi connectivity index (χ2v) is 8.87. The molecule has 1 amide bonds. The van der Waals surface area contributed by atoms with Crippen LogP contribution in [0.3, 0.4) is 0 Å². The van der Waals surface area contributed by atoms with Gasteiger partial charge in [-0.25, -0.2) is 18.9 Å². The van der Waals surface area contributed by atoms with Crippen molar-refractivity contribution < 1.29 is 23.2 Å². The van der Waals surface area contributed by atoms with Crippen molar-refractivity contribution >= 4 is 21.7 Å². The molecule has 0 bridgehead atoms. The number of nitrogens with one attached hydrogen (secondary N) is 3. The molecule has 0 spiro atoms. The Kier molecular flexibility index (Phi) is 8.76. The summed E-state index contributed by atoms with van der Waals surface area (Å²) >= 11 is 0. The van der Waals surface area contributed by atoms with Crippen molar-refractivity contribution in [2.75, 3.05) is 18.5 Å². The van der Waals surface area contributed by atoms with E-state index in [1.807, 2.05) is 18.2 Å². The molecule has 2 aromatic carbocycles. The van der Waals surface area contributed by atoms with E-state index in [9.17, 15) is 13.2 Å². The Hall–Kier alpha value is -3.47. The Balaban J connectivity index is 1.52. The van der Waals surface area contributed by atoms with Crippen LogP contribution in [0.25, 0.3) is 0 Å². The van der Waals surface area contributed by atoms with Gasteiger partial charge in [-0.05, 0) is 54.8 Å². The van der Waals surface area contributed by atoms with Crippen LogP contribution in [-0.2, 0) is 21.2 Å². The van der Waals surface area contributed by atoms with Crippen molar-refractivity contribution in [3.8, 4) is 5.75 Å². The Morgan fingerprint density at radius 3 is 2.39 bits per heavy atom. The van der Waals surface area contributed by atoms with Crippen molar-refractivity contribution in [3.63, 3.8) is 0 Å². The first-order chi connectivity index (χ1) is 16.0. The average Bonchev–Trinajstić information content (AvgIpc) is 2.85. The summed E-state index contributed by atoms with van der Waals surface area (Å²) in [6.07, 6.45) is 2.55. The minimum Gasteiger partial charge on any atom is -0.494 e. The van der Waals surface area contributed by atoms with E-state index in [0.29, 0.717) is 24.5 Å². The van der Waals surface area contributed by atoms with Gasteiger partial charge in [0.25, 0.3) is 5.91 Å². The second-order valence-electron chi connectivity index (χ2n) is 7.15. The third-order valence-electron chi connectivity index (χ3n) is 4.70. The van der Waals surface area contributed by atoms with Gasteiger partial charge in [0, 0.05) is 12.7 Å². The Bertz CT molecular complexity index is 1110. The largest absolute Gasteiger partial charge is 0.494 e. The normalized spacial score (nSPS) is 12.0. The SMILES string of the molecule is O=C(NO)[C@H](Cc1ccc(OCCCNc2ccccn2)cc1)NS(=O)(=O)c1ccccc1. The lowest BCUT2D eigenvalue weighted by Gasteiger charge is -2.17. The van der Waals surface area contributed by atoms with Gasteiger partial charge in [-0.1, -0.05) is 36.4 Å². The van der Waals surface area contributed by atoms with Crippen molar-refractivity contribution in [3.05, 3.63) is 84.6 Å². The molecule has 9 nitrogen and oxygen atoms in total. The van der Waals surface area contributed by atoms with Crippen molar-refractivity contribution in [1.29, 1.82) is 0 Å². The van der Waals surface area contributed by atoms with Gasteiger partial charge in [0.15, 0.2) is 0 Å². The predicted octanol–water partition coefficient (Wildman–Crippen LogP) is 2.36. The molecule has 0 aliphatic carbocycles. The molecule has 1 heterocycles. The number of rotatable bonds is 12. The molecule has 0 saturated heterocycles. The fourth-order valence-corrected chi connectivity index (χ4v) is 4.24. The van der Waals surface area contributed by atoms with E-state index in [1.165, 1.54) is 17.6 Å². The molecule has 10 heteroatoms. The molecular formula is C23H26N4O5S. The molecule has 3 rings (SSSR count). The first kappa shape index (κ1) is 24.2. The third-order valence-corrected chi connectivity index (χ3v) is 6.19. The molecule has 0 unspecified atom stereocenters. The number of hydrogen-bond acceptors (Lipinski definition) is 7. The summed E-state index contributed by atoms with van der Waals surface area (Å²) in [5.41, 5.74) is 2.22. The summed E-state index contributed by atoms with van der Waals surface area (Å²) in [4.78, 5) is 16.3. The molecule has 0 fully saturated rings. The highest BCUT2D eigenvalue weighted by Gasteiger charge is 2.25. The Labute approximate surface area is 192 Å². The smallest absolute Gasteiger partial charge is 0.261 e. The Morgan fingerprint density at radius 2 is 1.73 bits per heavy atom. The van der Waals surface area contributed by atoms with Crippen molar-refractivity contribution in [2.24, 2.45) is 0 Å². The van der Waals surface area contributed by atoms with Gasteiger partial charge in [-0.15, -0.1) is 0 Å². The number of ether oxygens (including phenoxy) is 1. The van der Waals surface area contributed by atoms with E-state index < -0.39 is 22.0 Å². The van der Waals surface area contributed by atoms with Gasteiger partial charge in [-0.2, -0.15) is 4.72 Å². The van der Waals surface area contributed by atoms with Gasteiger partial charge in [0.05, 0.1) is 11.5 Å². The number of sulfonamides is 1. The summed E-state index contributed by atoms with van der Waals surface area (Å²) in [5.74, 6) is 0.617. The third kappa shape index (κ3) is 7.56. The van der Waals surface area contributed by atoms with Crippen LogP contribution in [0, 0.1) is 0 Å². The van der Waals surface area contributed by atoms with E-state index >= 15 is 0 Å². The summed E-state index contributed by atoms with van der Waals surface area (Å²) in [6.45, 7) is 1.22. The number of carbonyl (C=O) groups is 1. The van der Waals surface area contributed by atoms with Gasteiger partial charge in [-0.3, -0.25) is 10.0 Å². The minimum absolute atomic E-state index is 0.0297. The second kappa shape index (κ2) is 12.0. The zero-order chi connectivity index (χ0) is 23.5. The van der Waals surface area contributed by atoms with E-state index in [2.05, 4.69) is 15.0 Å². The summed E-state index contributed by atoms with van der Waals surface area (Å²) < 4.78 is 33.2. The van der Waals surface area contributed by atoms with Crippen molar-refractivity contribution in [2.45, 2.75) is 23.8 Å². The molecule has 0 radical (unpaired) electrons. The molecule has 1 aromatic heterocycles. The van der Waals surface area contributed by atoms with Crippen LogP contribution in [0.1, 0.15) is 12.0 Å². The predicted molar refractivity (Wildman–Crippen MR) is 123 cm³/mol. The molecule has 1 atom stereocenters. The molecule has 174 valence electrons. The first-order valence-corrected chi connectivity index (χ1v) is 11.8. The van der Waals surface area contributed by atoms with E-state index in [0.717, 1.165) is 12.2 Å². The van der Waals surface area contributed by atoms with E-state index in [1.54, 1.807) is 48.7 Å². The van der Waals surface area contributed by atoms with Crippen LogP contribution in [0.2, 0.25) is 0 Å². The van der Waals surface area contributed by atoms with Gasteiger partial charge in [0.2, 0.25) is 10.0 Å². The maximum absolute atomic E-state index is 12.6. The lowest BCUT2D eigenvalue weighted by molar-refractivity contribution is -0.130. The number of amides is 1. The molecular weight excluding hydrogens is 444 g/mol. The van der Waals surface area contributed by atoms with E-state index in [4.69, 9.17) is 9.94 Å². The van der Waals surface area contributed by atoms with Crippen LogP contribution in [0.4, 0.5) is 5.82 Å². The fraction of sp³-hybridized carbons (Fsp3) is 0.217. The lowest BCUT2D eigenvalue weighted by Crippen LogP contribution is -2.47. The molecule has 0 saturated carbocycles. The maximum Gasteiger partial charge on any atom is 0.261 e. The summed E-state index contributed by atoms with van der Waals surface area (Å²) in [5, 5.41) is 12.2. The fourth-order valence-electron chi connectivity index (χ4n) is 3.02. The topological polar surface area (TPSA) is 130 Å². The molecule has 0 aliphatic rings. The zero-order valence-corrected chi connectivity index (χ0v) is 18.7. The number of benzene rings is 2. The standard InChI is InChI=1S/C23H26N4O5S/c28-23(26-29)21(27-33(30,31)20-7-2-1-3-8-20)17-18-10-12-19(13-11-18)32-16-6-15-25-22-9-4-5-14-24-22/h1-5,7-14,21,27,29H,6,15-17H2,(H,24,25)(H,26,28)/t21-/m0/s1. The van der Waals surface area contributed by atoms with E-state index in [-0.39, 0.29) is 11.3 Å². The highest BCUT2D eigenvalue weighted by atomic mass is 32.2. The van der Waals surface area contributed by atoms with Crippen LogP contribution >= 0.6 is 0 Å². The van der Waals surface area contributed by atoms with Gasteiger partial charge >= 0.3 is 0 Å². The number of aromatic nitrogens is 1. The minimum atomic E-state index is -3.94. The lowest BCUT2D eigenvalue weighted by atomic mass is 10.1. The number of anilines is 1. The summed E-state index contributed by atoms with van der Waals surface area (Å²) in [6, 6.07) is 19.2. The first-order valence-electron chi connectivity index (χ1n) is 10.4. The number of pyridine rings is 1. The zero-order valence-electron chi connectivity index (χ0n) is 17.8. The van der Waals surface area contributed by atoms with Gasteiger partial charge in [0.1, 0.15) is 17.6 Å². The Morgan fingerprint density at radius 1 is 1.00 bits per heavy atom. The number of hydroxylamine groups is 1. The monoisotopic (exact) mass is 470 g/mol. The van der Waals surface area contributed by atoms with Crippen molar-refractivity contribution in [1.82, 2.24) is 15.2 Å². The average molecular weight is 471 g/mol. The summed E-state index contributed by atoms with van der Waals surface area (Å²) in [7, 11) is -3.94. The number of nitrogens with zero attached hydrogens (tertiary/aromatic N) is 1. The molecule has 4 N–H and O–H groups in total. The molecule has 0 aliphatic heterocycles. The van der Waals surface area contributed by atoms with Crippen LogP contribution < -0.4 is 20.3 Å². The van der Waals surface area contributed by atoms with Crippen LogP contribution in [-0.4, -0.2) is 43.7 Å². The molecule has 33 heavy (non-hydrogen) atoms.